The van der Waals surface area contributed by atoms with Crippen molar-refractivity contribution in [3.8, 4) is 22.4 Å². The third-order valence-corrected chi connectivity index (χ3v) is 4.64. The molecule has 0 bridgehead atoms. The summed E-state index contributed by atoms with van der Waals surface area (Å²) in [6.07, 6.45) is 0.607. The molecule has 0 radical (unpaired) electrons. The molecule has 0 saturated heterocycles. The standard InChI is InChI=1S/C19H23N3O2S/c1-4-24-17-8-6-15(7-9-17)19-21-16(13-25-19)12-18(23)22(14(2)3)11-5-10-20/h6-9,13-14H,4-5,11-12H2,1-3H3. The van der Waals surface area contributed by atoms with E-state index < -0.39 is 0 Å². The van der Waals surface area contributed by atoms with Crippen LogP contribution in [0.5, 0.6) is 5.75 Å². The minimum absolute atomic E-state index is 0.00814. The molecule has 0 atom stereocenters. The van der Waals surface area contributed by atoms with Gasteiger partial charge in [0.1, 0.15) is 10.8 Å². The minimum atomic E-state index is 0.00814. The van der Waals surface area contributed by atoms with Crippen molar-refractivity contribution >= 4 is 17.2 Å². The van der Waals surface area contributed by atoms with E-state index in [1.54, 1.807) is 4.90 Å². The molecule has 1 aromatic carbocycles. The maximum atomic E-state index is 12.5. The fraction of sp³-hybridized carbons (Fsp3) is 0.421. The van der Waals surface area contributed by atoms with Gasteiger partial charge in [0.25, 0.3) is 0 Å². The lowest BCUT2D eigenvalue weighted by Gasteiger charge is -2.25. The number of ether oxygens (including phenoxy) is 1. The number of hydrogen-bond acceptors (Lipinski definition) is 5. The Morgan fingerprint density at radius 2 is 2.08 bits per heavy atom. The number of carbonyl (C=O) groups is 1. The molecule has 0 saturated carbocycles. The van der Waals surface area contributed by atoms with Crippen LogP contribution in [0.15, 0.2) is 29.6 Å². The van der Waals surface area contributed by atoms with Gasteiger partial charge in [0.05, 0.1) is 31.2 Å². The van der Waals surface area contributed by atoms with E-state index in [0.717, 1.165) is 22.0 Å². The molecule has 0 aliphatic carbocycles. The monoisotopic (exact) mass is 357 g/mol. The quantitative estimate of drug-likeness (QED) is 0.718. The number of hydrogen-bond donors (Lipinski definition) is 0. The highest BCUT2D eigenvalue weighted by atomic mass is 32.1. The lowest BCUT2D eigenvalue weighted by Crippen LogP contribution is -2.38. The number of nitriles is 1. The molecule has 1 heterocycles. The lowest BCUT2D eigenvalue weighted by atomic mass is 10.2. The first-order valence-corrected chi connectivity index (χ1v) is 9.27. The van der Waals surface area contributed by atoms with Gasteiger partial charge in [-0.05, 0) is 45.0 Å². The highest BCUT2D eigenvalue weighted by Crippen LogP contribution is 2.26. The summed E-state index contributed by atoms with van der Waals surface area (Å²) in [5, 5.41) is 11.6. The van der Waals surface area contributed by atoms with E-state index in [-0.39, 0.29) is 18.4 Å². The number of aromatic nitrogens is 1. The molecule has 0 aliphatic rings. The van der Waals surface area contributed by atoms with Crippen LogP contribution in [-0.2, 0) is 11.2 Å². The van der Waals surface area contributed by atoms with E-state index in [1.807, 2.05) is 50.4 Å². The maximum Gasteiger partial charge on any atom is 0.228 e. The SMILES string of the molecule is CCOc1ccc(-c2nc(CC(=O)N(CCC#N)C(C)C)cs2)cc1. The molecule has 5 nitrogen and oxygen atoms in total. The highest BCUT2D eigenvalue weighted by molar-refractivity contribution is 7.13. The van der Waals surface area contributed by atoms with Crippen molar-refractivity contribution in [2.45, 2.75) is 39.7 Å². The van der Waals surface area contributed by atoms with Crippen molar-refractivity contribution in [2.24, 2.45) is 0 Å². The topological polar surface area (TPSA) is 66.2 Å². The van der Waals surface area contributed by atoms with Gasteiger partial charge < -0.3 is 9.64 Å². The summed E-state index contributed by atoms with van der Waals surface area (Å²) in [6.45, 7) is 6.97. The maximum absolute atomic E-state index is 12.5. The summed E-state index contributed by atoms with van der Waals surface area (Å²) in [7, 11) is 0. The third kappa shape index (κ3) is 5.30. The summed E-state index contributed by atoms with van der Waals surface area (Å²) in [4.78, 5) is 18.8. The molecule has 6 heteroatoms. The van der Waals surface area contributed by atoms with E-state index in [0.29, 0.717) is 19.6 Å². The summed E-state index contributed by atoms with van der Waals surface area (Å²) in [6, 6.07) is 9.97. The largest absolute Gasteiger partial charge is 0.494 e. The number of amides is 1. The number of rotatable bonds is 8. The van der Waals surface area contributed by atoms with E-state index >= 15 is 0 Å². The molecule has 1 amide bonds. The Kier molecular flexibility index (Phi) is 6.96. The van der Waals surface area contributed by atoms with Crippen molar-refractivity contribution < 1.29 is 9.53 Å². The molecule has 1 aromatic heterocycles. The number of nitrogens with zero attached hydrogens (tertiary/aromatic N) is 3. The van der Waals surface area contributed by atoms with Crippen LogP contribution < -0.4 is 4.74 Å². The molecule has 25 heavy (non-hydrogen) atoms. The zero-order valence-corrected chi connectivity index (χ0v) is 15.7. The second-order valence-corrected chi connectivity index (χ2v) is 6.73. The molecule has 0 fully saturated rings. The Balaban J connectivity index is 2.05. The summed E-state index contributed by atoms with van der Waals surface area (Å²) in [5.41, 5.74) is 1.78. The normalized spacial score (nSPS) is 10.5. The van der Waals surface area contributed by atoms with Gasteiger partial charge in [0, 0.05) is 23.5 Å². The van der Waals surface area contributed by atoms with Crippen LogP contribution in [0.1, 0.15) is 32.9 Å². The van der Waals surface area contributed by atoms with Crippen molar-refractivity contribution in [3.05, 3.63) is 35.3 Å². The van der Waals surface area contributed by atoms with Crippen LogP contribution in [0, 0.1) is 11.3 Å². The molecule has 2 rings (SSSR count). The van der Waals surface area contributed by atoms with Crippen molar-refractivity contribution in [1.29, 1.82) is 5.26 Å². The van der Waals surface area contributed by atoms with Gasteiger partial charge in [-0.3, -0.25) is 4.79 Å². The number of thiazole rings is 1. The average Bonchev–Trinajstić information content (AvgIpc) is 3.04. The van der Waals surface area contributed by atoms with Gasteiger partial charge in [-0.1, -0.05) is 0 Å². The van der Waals surface area contributed by atoms with Crippen LogP contribution in [0.4, 0.5) is 0 Å². The minimum Gasteiger partial charge on any atom is -0.494 e. The summed E-state index contributed by atoms with van der Waals surface area (Å²) < 4.78 is 5.45. The van der Waals surface area contributed by atoms with E-state index in [1.165, 1.54) is 11.3 Å². The lowest BCUT2D eigenvalue weighted by molar-refractivity contribution is -0.132. The predicted octanol–water partition coefficient (Wildman–Crippen LogP) is 3.90. The van der Waals surface area contributed by atoms with E-state index in [2.05, 4.69) is 11.1 Å². The Hall–Kier alpha value is -2.39. The zero-order valence-electron chi connectivity index (χ0n) is 14.9. The number of benzene rings is 1. The molecule has 0 aliphatic heterocycles. The summed E-state index contributed by atoms with van der Waals surface area (Å²) >= 11 is 1.53. The van der Waals surface area contributed by atoms with E-state index in [9.17, 15) is 4.79 Å². The Morgan fingerprint density at radius 1 is 1.36 bits per heavy atom. The van der Waals surface area contributed by atoms with Gasteiger partial charge in [-0.15, -0.1) is 11.3 Å². The Morgan fingerprint density at radius 3 is 2.68 bits per heavy atom. The second-order valence-electron chi connectivity index (χ2n) is 5.87. The first kappa shape index (κ1) is 18.9. The second kappa shape index (κ2) is 9.19. The number of carbonyl (C=O) groups excluding carboxylic acids is 1. The van der Waals surface area contributed by atoms with Gasteiger partial charge in [0.15, 0.2) is 0 Å². The smallest absolute Gasteiger partial charge is 0.228 e. The Bertz CT molecular complexity index is 732. The molecule has 0 unspecified atom stereocenters. The fourth-order valence-corrected chi connectivity index (χ4v) is 3.30. The van der Waals surface area contributed by atoms with Crippen LogP contribution >= 0.6 is 11.3 Å². The molecule has 0 N–H and O–H groups in total. The Labute approximate surface area is 152 Å². The zero-order chi connectivity index (χ0) is 18.2. The van der Waals surface area contributed by atoms with Gasteiger partial charge >= 0.3 is 0 Å². The van der Waals surface area contributed by atoms with Crippen molar-refractivity contribution in [1.82, 2.24) is 9.88 Å². The molecule has 2 aromatic rings. The molecule has 132 valence electrons. The molecular formula is C19H23N3O2S. The highest BCUT2D eigenvalue weighted by Gasteiger charge is 2.18. The van der Waals surface area contributed by atoms with E-state index in [4.69, 9.17) is 10.00 Å². The van der Waals surface area contributed by atoms with Crippen LogP contribution in [0.2, 0.25) is 0 Å². The fourth-order valence-electron chi connectivity index (χ4n) is 2.48. The first-order valence-electron chi connectivity index (χ1n) is 8.39. The average molecular weight is 357 g/mol. The first-order chi connectivity index (χ1) is 12.0. The van der Waals surface area contributed by atoms with Crippen molar-refractivity contribution in [3.63, 3.8) is 0 Å². The third-order valence-electron chi connectivity index (χ3n) is 3.70. The molecule has 0 spiro atoms. The van der Waals surface area contributed by atoms with Crippen LogP contribution in [0.3, 0.4) is 0 Å². The van der Waals surface area contributed by atoms with Gasteiger partial charge in [-0.25, -0.2) is 4.98 Å². The predicted molar refractivity (Wildman–Crippen MR) is 99.5 cm³/mol. The van der Waals surface area contributed by atoms with Gasteiger partial charge in [-0.2, -0.15) is 5.26 Å². The van der Waals surface area contributed by atoms with Crippen LogP contribution in [0.25, 0.3) is 10.6 Å². The molecular weight excluding hydrogens is 334 g/mol. The van der Waals surface area contributed by atoms with Crippen LogP contribution in [-0.4, -0.2) is 35.0 Å². The van der Waals surface area contributed by atoms with Crippen molar-refractivity contribution in [2.75, 3.05) is 13.2 Å². The summed E-state index contributed by atoms with van der Waals surface area (Å²) in [5.74, 6) is 0.845. The van der Waals surface area contributed by atoms with Gasteiger partial charge in [0.2, 0.25) is 5.91 Å².